The maximum absolute atomic E-state index is 4.35. The van der Waals surface area contributed by atoms with E-state index in [0.717, 1.165) is 12.2 Å². The molecule has 0 amide bonds. The normalized spacial score (nSPS) is 13.6. The van der Waals surface area contributed by atoms with E-state index in [0.29, 0.717) is 6.04 Å². The van der Waals surface area contributed by atoms with Gasteiger partial charge in [-0.1, -0.05) is 48.5 Å². The fourth-order valence-electron chi connectivity index (χ4n) is 2.88. The van der Waals surface area contributed by atoms with E-state index in [9.17, 15) is 0 Å². The molecule has 124 valence electrons. The minimum atomic E-state index is 0.00476. The largest absolute Gasteiger partial charge is 0.301 e. The molecule has 0 saturated heterocycles. The summed E-state index contributed by atoms with van der Waals surface area (Å²) >= 11 is 1.79. The molecular weight excluding hydrogens is 316 g/mol. The van der Waals surface area contributed by atoms with E-state index in [2.05, 4.69) is 70.1 Å². The lowest BCUT2D eigenvalue weighted by molar-refractivity contribution is 0.480. The highest BCUT2D eigenvalue weighted by molar-refractivity contribution is 7.98. The summed E-state index contributed by atoms with van der Waals surface area (Å²) in [7, 11) is 0. The van der Waals surface area contributed by atoms with E-state index >= 15 is 0 Å². The smallest absolute Gasteiger partial charge is 0.145 e. The van der Waals surface area contributed by atoms with Crippen molar-refractivity contribution in [1.82, 2.24) is 20.5 Å². The molecule has 2 atom stereocenters. The molecule has 1 aromatic heterocycles. The molecule has 0 aliphatic rings. The molecule has 0 aliphatic heterocycles. The first-order valence-corrected chi connectivity index (χ1v) is 9.28. The Labute approximate surface area is 147 Å². The Morgan fingerprint density at radius 2 is 1.83 bits per heavy atom. The van der Waals surface area contributed by atoms with Crippen LogP contribution in [-0.2, 0) is 6.42 Å². The molecule has 0 fully saturated rings. The van der Waals surface area contributed by atoms with Crippen LogP contribution < -0.4 is 5.32 Å². The molecule has 0 unspecified atom stereocenters. The number of aromatic nitrogens is 3. The molecule has 2 aromatic carbocycles. The molecule has 0 bridgehead atoms. The minimum Gasteiger partial charge on any atom is -0.301 e. The highest BCUT2D eigenvalue weighted by Crippen LogP contribution is 2.23. The molecule has 0 spiro atoms. The second kappa shape index (κ2) is 8.13. The van der Waals surface area contributed by atoms with Crippen molar-refractivity contribution in [3.8, 4) is 0 Å². The molecule has 3 rings (SSSR count). The van der Waals surface area contributed by atoms with Crippen molar-refractivity contribution >= 4 is 11.8 Å². The number of rotatable bonds is 7. The Hall–Kier alpha value is -2.11. The van der Waals surface area contributed by atoms with Crippen LogP contribution >= 0.6 is 11.8 Å². The molecule has 0 saturated carbocycles. The zero-order valence-corrected chi connectivity index (χ0v) is 14.8. The summed E-state index contributed by atoms with van der Waals surface area (Å²) in [5.74, 6) is 0.839. The number of hydrogen-bond donors (Lipinski definition) is 2. The molecule has 3 aromatic rings. The van der Waals surface area contributed by atoms with E-state index < -0.39 is 0 Å². The van der Waals surface area contributed by atoms with Crippen LogP contribution in [0, 0.1) is 0 Å². The topological polar surface area (TPSA) is 53.6 Å². The van der Waals surface area contributed by atoms with Gasteiger partial charge in [0.05, 0.1) is 6.04 Å². The highest BCUT2D eigenvalue weighted by Gasteiger charge is 2.19. The number of nitrogens with one attached hydrogen (secondary N) is 2. The van der Waals surface area contributed by atoms with Crippen molar-refractivity contribution in [2.75, 3.05) is 6.26 Å². The van der Waals surface area contributed by atoms with Gasteiger partial charge in [0.25, 0.3) is 0 Å². The van der Waals surface area contributed by atoms with E-state index in [4.69, 9.17) is 0 Å². The number of hydrogen-bond acceptors (Lipinski definition) is 4. The van der Waals surface area contributed by atoms with Gasteiger partial charge < -0.3 is 5.32 Å². The Morgan fingerprint density at radius 1 is 1.08 bits per heavy atom. The summed E-state index contributed by atoms with van der Waals surface area (Å²) in [6.07, 6.45) is 4.65. The average Bonchev–Trinajstić information content (AvgIpc) is 3.15. The first-order chi connectivity index (χ1) is 11.8. The van der Waals surface area contributed by atoms with Gasteiger partial charge in [0.1, 0.15) is 12.2 Å². The second-order valence-corrected chi connectivity index (χ2v) is 6.65. The Kier molecular flexibility index (Phi) is 5.67. The number of thioether (sulfide) groups is 1. The summed E-state index contributed by atoms with van der Waals surface area (Å²) in [5, 5.41) is 10.7. The highest BCUT2D eigenvalue weighted by atomic mass is 32.2. The summed E-state index contributed by atoms with van der Waals surface area (Å²) in [5.41, 5.74) is 2.55. The number of nitrogens with zero attached hydrogens (tertiary/aromatic N) is 2. The van der Waals surface area contributed by atoms with Crippen molar-refractivity contribution < 1.29 is 0 Å². The van der Waals surface area contributed by atoms with Gasteiger partial charge in [-0.05, 0) is 36.8 Å². The third-order valence-electron chi connectivity index (χ3n) is 4.01. The number of benzene rings is 2. The standard InChI is InChI=1S/C19H22N4S/c1-14(12-16-10-6-7-11-17(16)24-2)22-18(19-20-13-21-23-19)15-8-4-3-5-9-15/h3-11,13-14,18,22H,12H2,1-2H3,(H,20,21,23)/t14-,18+/m0/s1. The molecule has 24 heavy (non-hydrogen) atoms. The van der Waals surface area contributed by atoms with Gasteiger partial charge in [-0.2, -0.15) is 5.10 Å². The van der Waals surface area contributed by atoms with Crippen molar-refractivity contribution in [2.45, 2.75) is 30.3 Å². The quantitative estimate of drug-likeness (QED) is 0.643. The van der Waals surface area contributed by atoms with Crippen LogP contribution in [-0.4, -0.2) is 27.5 Å². The number of aromatic amines is 1. The monoisotopic (exact) mass is 338 g/mol. The van der Waals surface area contributed by atoms with E-state index in [-0.39, 0.29) is 6.04 Å². The zero-order chi connectivity index (χ0) is 16.8. The molecule has 4 nitrogen and oxygen atoms in total. The second-order valence-electron chi connectivity index (χ2n) is 5.80. The van der Waals surface area contributed by atoms with E-state index in [1.54, 1.807) is 18.1 Å². The van der Waals surface area contributed by atoms with Crippen molar-refractivity contribution in [3.05, 3.63) is 77.9 Å². The van der Waals surface area contributed by atoms with Gasteiger partial charge in [0.15, 0.2) is 0 Å². The van der Waals surface area contributed by atoms with Gasteiger partial charge in [0.2, 0.25) is 0 Å². The van der Waals surface area contributed by atoms with Gasteiger partial charge in [-0.15, -0.1) is 11.8 Å². The molecule has 1 heterocycles. The molecule has 5 heteroatoms. The molecule has 0 radical (unpaired) electrons. The summed E-state index contributed by atoms with van der Waals surface area (Å²) in [6.45, 7) is 2.21. The predicted octanol–water partition coefficient (Wildman–Crippen LogP) is 3.84. The van der Waals surface area contributed by atoms with Gasteiger partial charge in [-0.3, -0.25) is 5.10 Å². The van der Waals surface area contributed by atoms with Crippen molar-refractivity contribution in [2.24, 2.45) is 0 Å². The Bertz CT molecular complexity index is 743. The first kappa shape index (κ1) is 16.7. The van der Waals surface area contributed by atoms with Gasteiger partial charge in [-0.25, -0.2) is 4.98 Å². The van der Waals surface area contributed by atoms with Crippen LogP contribution in [0.3, 0.4) is 0 Å². The molecule has 0 aliphatic carbocycles. The lowest BCUT2D eigenvalue weighted by atomic mass is 10.0. The fourth-order valence-corrected chi connectivity index (χ4v) is 3.51. The molecule has 2 N–H and O–H groups in total. The van der Waals surface area contributed by atoms with Crippen LogP contribution in [0.5, 0.6) is 0 Å². The van der Waals surface area contributed by atoms with E-state index in [1.165, 1.54) is 16.0 Å². The van der Waals surface area contributed by atoms with Crippen LogP contribution in [0.2, 0.25) is 0 Å². The summed E-state index contributed by atoms with van der Waals surface area (Å²) in [4.78, 5) is 5.69. The minimum absolute atomic E-state index is 0.00476. The summed E-state index contributed by atoms with van der Waals surface area (Å²) < 4.78 is 0. The van der Waals surface area contributed by atoms with Crippen molar-refractivity contribution in [1.29, 1.82) is 0 Å². The lowest BCUT2D eigenvalue weighted by Crippen LogP contribution is -2.33. The van der Waals surface area contributed by atoms with Gasteiger partial charge >= 0.3 is 0 Å². The van der Waals surface area contributed by atoms with Crippen LogP contribution in [0.4, 0.5) is 0 Å². The van der Waals surface area contributed by atoms with Gasteiger partial charge in [0, 0.05) is 10.9 Å². The van der Waals surface area contributed by atoms with Crippen LogP contribution in [0.15, 0.2) is 65.8 Å². The van der Waals surface area contributed by atoms with Crippen LogP contribution in [0.25, 0.3) is 0 Å². The fraction of sp³-hybridized carbons (Fsp3) is 0.263. The molecular formula is C19H22N4S. The Morgan fingerprint density at radius 3 is 2.54 bits per heavy atom. The summed E-state index contributed by atoms with van der Waals surface area (Å²) in [6, 6.07) is 19.2. The lowest BCUT2D eigenvalue weighted by Gasteiger charge is -2.23. The zero-order valence-electron chi connectivity index (χ0n) is 13.9. The maximum Gasteiger partial charge on any atom is 0.145 e. The average molecular weight is 338 g/mol. The SMILES string of the molecule is CSc1ccccc1C[C@H](C)N[C@H](c1ccccc1)c1ncn[nH]1. The third-order valence-corrected chi connectivity index (χ3v) is 4.85. The van der Waals surface area contributed by atoms with E-state index in [1.807, 2.05) is 18.2 Å². The predicted molar refractivity (Wildman–Crippen MR) is 99.2 cm³/mol. The first-order valence-electron chi connectivity index (χ1n) is 8.06. The maximum atomic E-state index is 4.35. The Balaban J connectivity index is 1.78. The van der Waals surface area contributed by atoms with Crippen molar-refractivity contribution in [3.63, 3.8) is 0 Å². The third kappa shape index (κ3) is 4.04. The van der Waals surface area contributed by atoms with Crippen LogP contribution in [0.1, 0.15) is 29.9 Å². The number of H-pyrrole nitrogens is 1.